The van der Waals surface area contributed by atoms with Crippen molar-refractivity contribution in [3.8, 4) is 0 Å². The highest BCUT2D eigenvalue weighted by Gasteiger charge is 2.25. The first kappa shape index (κ1) is 21.2. The Balaban J connectivity index is 2.03. The van der Waals surface area contributed by atoms with Gasteiger partial charge >= 0.3 is 0 Å². The third-order valence-electron chi connectivity index (χ3n) is 4.66. The molecule has 1 aliphatic heterocycles. The minimum Gasteiger partial charge on any atom is -0.357 e. The number of piperidine rings is 1. The quantitative estimate of drug-likeness (QED) is 0.516. The average molecular weight is 401 g/mol. The molecule has 0 bridgehead atoms. The molecule has 1 aromatic heterocycles. The Hall–Kier alpha value is -1.12. The summed E-state index contributed by atoms with van der Waals surface area (Å²) >= 11 is 1.78. The highest BCUT2D eigenvalue weighted by molar-refractivity contribution is 7.90. The van der Waals surface area contributed by atoms with Crippen LogP contribution >= 0.6 is 11.3 Å². The summed E-state index contributed by atoms with van der Waals surface area (Å²) in [7, 11) is -2.98. The molecule has 0 aliphatic carbocycles. The monoisotopic (exact) mass is 400 g/mol. The summed E-state index contributed by atoms with van der Waals surface area (Å²) in [6.45, 7) is 8.34. The van der Waals surface area contributed by atoms with Crippen molar-refractivity contribution in [2.24, 2.45) is 10.9 Å². The lowest BCUT2D eigenvalue weighted by Crippen LogP contribution is -2.41. The van der Waals surface area contributed by atoms with E-state index in [2.05, 4.69) is 40.0 Å². The molecule has 2 heterocycles. The maximum absolute atomic E-state index is 11.3. The topological polar surface area (TPSA) is 73.8 Å². The van der Waals surface area contributed by atoms with E-state index in [1.54, 1.807) is 11.3 Å². The fraction of sp³-hybridized carbons (Fsp3) is 0.722. The van der Waals surface area contributed by atoms with Crippen molar-refractivity contribution in [1.82, 2.24) is 15.5 Å². The molecule has 2 rings (SSSR count). The van der Waals surface area contributed by atoms with Crippen molar-refractivity contribution >= 4 is 27.1 Å². The molecule has 1 atom stereocenters. The van der Waals surface area contributed by atoms with E-state index in [1.807, 2.05) is 6.92 Å². The minimum atomic E-state index is -2.98. The number of rotatable bonds is 8. The summed E-state index contributed by atoms with van der Waals surface area (Å²) in [6, 6.07) is 4.57. The number of aliphatic imine (C=N–C) groups is 1. The highest BCUT2D eigenvalue weighted by Crippen LogP contribution is 2.29. The number of likely N-dealkylation sites (tertiary alicyclic amines) is 1. The van der Waals surface area contributed by atoms with Crippen molar-refractivity contribution in [1.29, 1.82) is 0 Å². The van der Waals surface area contributed by atoms with Gasteiger partial charge in [0.15, 0.2) is 5.96 Å². The number of hydrogen-bond acceptors (Lipinski definition) is 5. The third kappa shape index (κ3) is 7.25. The van der Waals surface area contributed by atoms with Gasteiger partial charge in [0.1, 0.15) is 9.84 Å². The van der Waals surface area contributed by atoms with Gasteiger partial charge in [-0.1, -0.05) is 13.0 Å². The Morgan fingerprint density at radius 3 is 2.69 bits per heavy atom. The van der Waals surface area contributed by atoms with Crippen LogP contribution in [-0.2, 0) is 9.84 Å². The molecule has 1 aromatic rings. The summed E-state index contributed by atoms with van der Waals surface area (Å²) in [5.74, 6) is 1.59. The molecule has 0 radical (unpaired) electrons. The van der Waals surface area contributed by atoms with E-state index < -0.39 is 9.84 Å². The van der Waals surface area contributed by atoms with Crippen LogP contribution in [-0.4, -0.2) is 64.0 Å². The third-order valence-corrected chi connectivity index (χ3v) is 6.58. The molecule has 1 unspecified atom stereocenters. The van der Waals surface area contributed by atoms with Crippen LogP contribution in [0.2, 0.25) is 0 Å². The minimum absolute atomic E-state index is 0.107. The van der Waals surface area contributed by atoms with E-state index in [-0.39, 0.29) is 11.8 Å². The molecular formula is C18H32N4O2S2. The molecule has 1 saturated heterocycles. The largest absolute Gasteiger partial charge is 0.357 e. The van der Waals surface area contributed by atoms with Crippen LogP contribution in [0.1, 0.15) is 37.6 Å². The van der Waals surface area contributed by atoms with Gasteiger partial charge in [-0.05, 0) is 50.2 Å². The fourth-order valence-corrected chi connectivity index (χ4v) is 4.41. The van der Waals surface area contributed by atoms with E-state index >= 15 is 0 Å². The standard InChI is InChI=1S/C18H32N4O2S2/c1-4-19-18(20-9-13-26(3,23)24)21-14-16(17-6-5-12-25-17)22-10-7-15(2)8-11-22/h5-6,12,15-16H,4,7-11,13-14H2,1-3H3,(H2,19,20,21). The molecular weight excluding hydrogens is 368 g/mol. The number of thiophene rings is 1. The Bertz CT molecular complexity index is 651. The second-order valence-corrected chi connectivity index (χ2v) is 10.3. The van der Waals surface area contributed by atoms with Gasteiger partial charge in [-0.25, -0.2) is 8.42 Å². The molecule has 6 nitrogen and oxygen atoms in total. The van der Waals surface area contributed by atoms with Gasteiger partial charge in [-0.2, -0.15) is 0 Å². The molecule has 8 heteroatoms. The van der Waals surface area contributed by atoms with E-state index in [0.717, 1.165) is 25.6 Å². The van der Waals surface area contributed by atoms with Crippen LogP contribution in [0.5, 0.6) is 0 Å². The van der Waals surface area contributed by atoms with Gasteiger partial charge in [-0.15, -0.1) is 11.3 Å². The first-order valence-corrected chi connectivity index (χ1v) is 12.3. The van der Waals surface area contributed by atoms with Crippen LogP contribution in [0.4, 0.5) is 0 Å². The van der Waals surface area contributed by atoms with Crippen LogP contribution in [0, 0.1) is 5.92 Å². The maximum atomic E-state index is 11.3. The summed E-state index contributed by atoms with van der Waals surface area (Å²) in [5.41, 5.74) is 0. The lowest BCUT2D eigenvalue weighted by atomic mass is 9.97. The predicted molar refractivity (Wildman–Crippen MR) is 111 cm³/mol. The number of nitrogens with zero attached hydrogens (tertiary/aromatic N) is 2. The lowest BCUT2D eigenvalue weighted by Gasteiger charge is -2.35. The summed E-state index contributed by atoms with van der Waals surface area (Å²) in [6.07, 6.45) is 3.72. The molecule has 26 heavy (non-hydrogen) atoms. The Morgan fingerprint density at radius 1 is 1.38 bits per heavy atom. The van der Waals surface area contributed by atoms with Crippen molar-refractivity contribution in [2.45, 2.75) is 32.7 Å². The normalized spacial score (nSPS) is 18.7. The van der Waals surface area contributed by atoms with Gasteiger partial charge < -0.3 is 10.6 Å². The molecule has 2 N–H and O–H groups in total. The van der Waals surface area contributed by atoms with Gasteiger partial charge in [0.2, 0.25) is 0 Å². The Kier molecular flexibility index (Phi) is 8.37. The zero-order valence-electron chi connectivity index (χ0n) is 16.1. The van der Waals surface area contributed by atoms with Crippen molar-refractivity contribution in [2.75, 3.05) is 44.7 Å². The second-order valence-electron chi connectivity index (χ2n) is 7.03. The summed E-state index contributed by atoms with van der Waals surface area (Å²) in [4.78, 5) is 8.63. The SMILES string of the molecule is CCNC(=NCC(c1cccs1)N1CCC(C)CC1)NCCS(C)(=O)=O. The van der Waals surface area contributed by atoms with E-state index in [0.29, 0.717) is 19.0 Å². The van der Waals surface area contributed by atoms with E-state index in [9.17, 15) is 8.42 Å². The zero-order valence-corrected chi connectivity index (χ0v) is 17.7. The van der Waals surface area contributed by atoms with Crippen molar-refractivity contribution in [3.63, 3.8) is 0 Å². The average Bonchev–Trinajstić information content (AvgIpc) is 3.09. The molecule has 1 aliphatic rings. The van der Waals surface area contributed by atoms with Crippen LogP contribution in [0.25, 0.3) is 0 Å². The van der Waals surface area contributed by atoms with E-state index in [4.69, 9.17) is 4.99 Å². The first-order chi connectivity index (χ1) is 12.4. The van der Waals surface area contributed by atoms with Gasteiger partial charge in [-0.3, -0.25) is 9.89 Å². The van der Waals surface area contributed by atoms with Crippen LogP contribution < -0.4 is 10.6 Å². The van der Waals surface area contributed by atoms with Crippen LogP contribution in [0.15, 0.2) is 22.5 Å². The lowest BCUT2D eigenvalue weighted by molar-refractivity contribution is 0.143. The smallest absolute Gasteiger partial charge is 0.191 e. The molecule has 0 aromatic carbocycles. The molecule has 148 valence electrons. The van der Waals surface area contributed by atoms with Gasteiger partial charge in [0.25, 0.3) is 0 Å². The fourth-order valence-electron chi connectivity index (χ4n) is 3.08. The Morgan fingerprint density at radius 2 is 2.12 bits per heavy atom. The van der Waals surface area contributed by atoms with Crippen molar-refractivity contribution in [3.05, 3.63) is 22.4 Å². The molecule has 0 saturated carbocycles. The first-order valence-electron chi connectivity index (χ1n) is 9.36. The van der Waals surface area contributed by atoms with Gasteiger partial charge in [0.05, 0.1) is 18.3 Å². The second kappa shape index (κ2) is 10.3. The molecule has 0 amide bonds. The number of nitrogens with one attached hydrogen (secondary N) is 2. The summed E-state index contributed by atoms with van der Waals surface area (Å²) in [5, 5.41) is 8.46. The maximum Gasteiger partial charge on any atom is 0.191 e. The number of hydrogen-bond donors (Lipinski definition) is 2. The summed E-state index contributed by atoms with van der Waals surface area (Å²) < 4.78 is 22.6. The van der Waals surface area contributed by atoms with E-state index in [1.165, 1.54) is 24.0 Å². The zero-order chi connectivity index (χ0) is 19.0. The Labute approximate surface area is 162 Å². The number of sulfone groups is 1. The van der Waals surface area contributed by atoms with Crippen molar-refractivity contribution < 1.29 is 8.42 Å². The number of guanidine groups is 1. The predicted octanol–water partition coefficient (Wildman–Crippen LogP) is 2.12. The molecule has 1 fully saturated rings. The molecule has 0 spiro atoms. The van der Waals surface area contributed by atoms with Crippen LogP contribution in [0.3, 0.4) is 0 Å². The van der Waals surface area contributed by atoms with Gasteiger partial charge in [0, 0.05) is 24.2 Å². The highest BCUT2D eigenvalue weighted by atomic mass is 32.2.